The molecular weight excluding hydrogens is 594 g/mol. The molecule has 0 unspecified atom stereocenters. The van der Waals surface area contributed by atoms with Crippen LogP contribution in [0.25, 0.3) is 22.0 Å². The molecule has 5 rings (SSSR count). The second-order valence-electron chi connectivity index (χ2n) is 10.7. The largest absolute Gasteiger partial charge is 0.493 e. The summed E-state index contributed by atoms with van der Waals surface area (Å²) in [6.45, 7) is 4.09. The predicted molar refractivity (Wildman–Crippen MR) is 172 cm³/mol. The Balaban J connectivity index is 1.44. The minimum atomic E-state index is -0.888. The third-order valence-electron chi connectivity index (χ3n) is 7.59. The number of nitrogens with one attached hydrogen (secondary N) is 1. The maximum atomic E-state index is 14.9. The second kappa shape index (κ2) is 14.2. The van der Waals surface area contributed by atoms with Gasteiger partial charge in [0.1, 0.15) is 34.5 Å². The Bertz CT molecular complexity index is 1920. The van der Waals surface area contributed by atoms with Crippen LogP contribution in [0.1, 0.15) is 55.9 Å². The van der Waals surface area contributed by atoms with Gasteiger partial charge in [-0.1, -0.05) is 26.7 Å². The van der Waals surface area contributed by atoms with Crippen molar-refractivity contribution in [2.75, 3.05) is 19.5 Å². The SMILES string of the molecule is CCCC(CCC)n1cc(C(=O)Nc2ccc(Oc3ccnc4cc(OC)c(OC)cc34)cn2)c(=O)c(-c2ccc(F)cc2F)c1. The highest BCUT2D eigenvalue weighted by Crippen LogP contribution is 2.37. The molecule has 0 atom stereocenters. The zero-order chi connectivity index (χ0) is 32.8. The third kappa shape index (κ3) is 6.83. The molecule has 0 aliphatic rings. The van der Waals surface area contributed by atoms with E-state index in [-0.39, 0.29) is 28.6 Å². The fourth-order valence-electron chi connectivity index (χ4n) is 5.34. The van der Waals surface area contributed by atoms with Crippen molar-refractivity contribution in [3.8, 4) is 34.1 Å². The van der Waals surface area contributed by atoms with Gasteiger partial charge in [-0.15, -0.1) is 0 Å². The second-order valence-corrected chi connectivity index (χ2v) is 10.7. The number of anilines is 1. The Labute approximate surface area is 264 Å². The number of benzene rings is 2. The third-order valence-corrected chi connectivity index (χ3v) is 7.59. The Morgan fingerprint density at radius 1 is 0.891 bits per heavy atom. The zero-order valence-electron chi connectivity index (χ0n) is 26.0. The van der Waals surface area contributed by atoms with Gasteiger partial charge in [-0.05, 0) is 49.2 Å². The van der Waals surface area contributed by atoms with Crippen molar-refractivity contribution in [3.05, 3.63) is 101 Å². The summed E-state index contributed by atoms with van der Waals surface area (Å²) in [5, 5.41) is 3.36. The van der Waals surface area contributed by atoms with Crippen LogP contribution in [-0.4, -0.2) is 34.7 Å². The van der Waals surface area contributed by atoms with E-state index in [9.17, 15) is 18.4 Å². The molecular formula is C35H34F2N4O5. The topological polar surface area (TPSA) is 105 Å². The lowest BCUT2D eigenvalue weighted by atomic mass is 10.0. The molecule has 0 spiro atoms. The number of carbonyl (C=O) groups is 1. The highest BCUT2D eigenvalue weighted by molar-refractivity contribution is 6.04. The number of nitrogens with zero attached hydrogens (tertiary/aromatic N) is 3. The minimum Gasteiger partial charge on any atom is -0.493 e. The molecule has 2 aromatic carbocycles. The van der Waals surface area contributed by atoms with E-state index in [1.807, 2.05) is 13.8 Å². The summed E-state index contributed by atoms with van der Waals surface area (Å²) >= 11 is 0. The maximum Gasteiger partial charge on any atom is 0.262 e. The van der Waals surface area contributed by atoms with Gasteiger partial charge in [0.15, 0.2) is 11.5 Å². The Morgan fingerprint density at radius 2 is 1.63 bits per heavy atom. The number of ether oxygens (including phenoxy) is 3. The van der Waals surface area contributed by atoms with Crippen LogP contribution in [-0.2, 0) is 0 Å². The summed E-state index contributed by atoms with van der Waals surface area (Å²) in [7, 11) is 3.09. The summed E-state index contributed by atoms with van der Waals surface area (Å²) in [4.78, 5) is 35.8. The van der Waals surface area contributed by atoms with Crippen LogP contribution in [0.5, 0.6) is 23.0 Å². The number of aromatic nitrogens is 3. The summed E-state index contributed by atoms with van der Waals surface area (Å²) in [5.74, 6) is -0.246. The Kier molecular flexibility index (Phi) is 9.90. The summed E-state index contributed by atoms with van der Waals surface area (Å²) < 4.78 is 47.2. The van der Waals surface area contributed by atoms with Gasteiger partial charge in [0.2, 0.25) is 5.43 Å². The van der Waals surface area contributed by atoms with Crippen LogP contribution in [0, 0.1) is 11.6 Å². The van der Waals surface area contributed by atoms with E-state index in [1.54, 1.807) is 61.5 Å². The van der Waals surface area contributed by atoms with Gasteiger partial charge in [0.25, 0.3) is 5.91 Å². The maximum absolute atomic E-state index is 14.9. The van der Waals surface area contributed by atoms with Crippen molar-refractivity contribution in [2.45, 2.75) is 45.6 Å². The molecule has 0 saturated heterocycles. The number of methoxy groups -OCH3 is 2. The van der Waals surface area contributed by atoms with Crippen molar-refractivity contribution in [1.29, 1.82) is 0 Å². The molecule has 3 heterocycles. The van der Waals surface area contributed by atoms with Crippen molar-refractivity contribution >= 4 is 22.6 Å². The molecule has 238 valence electrons. The molecule has 3 aromatic heterocycles. The number of hydrogen-bond acceptors (Lipinski definition) is 7. The van der Waals surface area contributed by atoms with Crippen molar-refractivity contribution < 1.29 is 27.8 Å². The van der Waals surface area contributed by atoms with E-state index in [1.165, 1.54) is 18.5 Å². The monoisotopic (exact) mass is 628 g/mol. The van der Waals surface area contributed by atoms with Gasteiger partial charge in [0.05, 0.1) is 25.9 Å². The number of carbonyl (C=O) groups excluding carboxylic acids is 1. The van der Waals surface area contributed by atoms with Crippen molar-refractivity contribution in [3.63, 3.8) is 0 Å². The van der Waals surface area contributed by atoms with Crippen LogP contribution < -0.4 is 25.0 Å². The molecule has 9 nitrogen and oxygen atoms in total. The standard InChI is InChI=1S/C35H34F2N4O5/c1-5-7-22(8-6-2)41-19-26(24-11-9-21(36)15-28(24)37)34(42)27(20-41)35(43)40-33-12-10-23(18-39-33)46-30-13-14-38-29-17-32(45-4)31(44-3)16-25(29)30/h9-20,22H,5-8H2,1-4H3,(H,39,40,43). The Hall–Kier alpha value is -5.32. The molecule has 0 aliphatic carbocycles. The fourth-order valence-corrected chi connectivity index (χ4v) is 5.34. The number of fused-ring (bicyclic) bond motifs is 1. The average Bonchev–Trinajstić information content (AvgIpc) is 3.05. The highest BCUT2D eigenvalue weighted by Gasteiger charge is 2.21. The van der Waals surface area contributed by atoms with Gasteiger partial charge < -0.3 is 24.1 Å². The molecule has 0 saturated carbocycles. The molecule has 46 heavy (non-hydrogen) atoms. The lowest BCUT2D eigenvalue weighted by Crippen LogP contribution is -2.26. The van der Waals surface area contributed by atoms with Crippen LogP contribution >= 0.6 is 0 Å². The normalized spacial score (nSPS) is 11.1. The van der Waals surface area contributed by atoms with Crippen LogP contribution in [0.3, 0.4) is 0 Å². The first-order valence-electron chi connectivity index (χ1n) is 14.9. The number of amides is 1. The average molecular weight is 629 g/mol. The molecule has 0 bridgehead atoms. The van der Waals surface area contributed by atoms with Gasteiger partial charge in [0, 0.05) is 53.3 Å². The molecule has 1 N–H and O–H groups in total. The molecule has 1 amide bonds. The number of pyridine rings is 3. The first-order valence-corrected chi connectivity index (χ1v) is 14.9. The summed E-state index contributed by atoms with van der Waals surface area (Å²) in [6.07, 6.45) is 9.40. The number of halogens is 2. The lowest BCUT2D eigenvalue weighted by molar-refractivity contribution is 0.102. The van der Waals surface area contributed by atoms with E-state index in [2.05, 4.69) is 15.3 Å². The van der Waals surface area contributed by atoms with Gasteiger partial charge in [-0.2, -0.15) is 0 Å². The summed E-state index contributed by atoms with van der Waals surface area (Å²) in [5.41, 5.74) is -0.338. The molecule has 0 radical (unpaired) electrons. The van der Waals surface area contributed by atoms with Crippen molar-refractivity contribution in [1.82, 2.24) is 14.5 Å². The first-order chi connectivity index (χ1) is 22.3. The molecule has 5 aromatic rings. The predicted octanol–water partition coefficient (Wildman–Crippen LogP) is 7.94. The van der Waals surface area contributed by atoms with Gasteiger partial charge in [-0.25, -0.2) is 13.8 Å². The van der Waals surface area contributed by atoms with Gasteiger partial charge >= 0.3 is 0 Å². The Morgan fingerprint density at radius 3 is 2.28 bits per heavy atom. The van der Waals surface area contributed by atoms with Crippen LogP contribution in [0.4, 0.5) is 14.6 Å². The molecule has 0 fully saturated rings. The molecule has 11 heteroatoms. The fraction of sp³-hybridized carbons (Fsp3) is 0.257. The minimum absolute atomic E-state index is 0.0238. The summed E-state index contributed by atoms with van der Waals surface area (Å²) in [6, 6.07) is 11.4. The smallest absolute Gasteiger partial charge is 0.262 e. The van der Waals surface area contributed by atoms with Crippen molar-refractivity contribution in [2.24, 2.45) is 0 Å². The number of hydrogen-bond donors (Lipinski definition) is 1. The molecule has 0 aliphatic heterocycles. The van der Waals surface area contributed by atoms with E-state index >= 15 is 0 Å². The van der Waals surface area contributed by atoms with E-state index in [4.69, 9.17) is 14.2 Å². The van der Waals surface area contributed by atoms with E-state index < -0.39 is 23.0 Å². The number of rotatable bonds is 12. The van der Waals surface area contributed by atoms with E-state index in [0.717, 1.165) is 37.8 Å². The van der Waals surface area contributed by atoms with Crippen LogP contribution in [0.15, 0.2) is 78.1 Å². The first kappa shape index (κ1) is 32.1. The zero-order valence-corrected chi connectivity index (χ0v) is 26.0. The lowest BCUT2D eigenvalue weighted by Gasteiger charge is -2.22. The van der Waals surface area contributed by atoms with Crippen LogP contribution in [0.2, 0.25) is 0 Å². The van der Waals surface area contributed by atoms with E-state index in [0.29, 0.717) is 33.9 Å². The van der Waals surface area contributed by atoms with Gasteiger partial charge in [-0.3, -0.25) is 14.6 Å². The quantitative estimate of drug-likeness (QED) is 0.150. The highest BCUT2D eigenvalue weighted by atomic mass is 19.1.